The first kappa shape index (κ1) is 17.7. The summed E-state index contributed by atoms with van der Waals surface area (Å²) in [4.78, 5) is 25.6. The van der Waals surface area contributed by atoms with Crippen molar-refractivity contribution in [1.82, 2.24) is 10.9 Å². The highest BCUT2D eigenvalue weighted by Crippen LogP contribution is 2.22. The molecule has 0 saturated heterocycles. The predicted molar refractivity (Wildman–Crippen MR) is 96.1 cm³/mol. The summed E-state index contributed by atoms with van der Waals surface area (Å²) in [7, 11) is 1.57. The Morgan fingerprint density at radius 3 is 2.67 bits per heavy atom. The van der Waals surface area contributed by atoms with Crippen LogP contribution >= 0.6 is 11.3 Å². The molecule has 0 spiro atoms. The van der Waals surface area contributed by atoms with E-state index in [1.54, 1.807) is 13.2 Å². The van der Waals surface area contributed by atoms with Crippen molar-refractivity contribution < 1.29 is 14.3 Å². The fourth-order valence-electron chi connectivity index (χ4n) is 2.17. The number of rotatable bonds is 5. The van der Waals surface area contributed by atoms with Crippen LogP contribution < -0.4 is 15.6 Å². The van der Waals surface area contributed by atoms with Crippen LogP contribution in [0.15, 0.2) is 36.4 Å². The summed E-state index contributed by atoms with van der Waals surface area (Å²) in [5.41, 5.74) is 6.67. The minimum atomic E-state index is -0.418. The maximum atomic E-state index is 12.0. The summed E-state index contributed by atoms with van der Waals surface area (Å²) >= 11 is 1.44. The summed E-state index contributed by atoms with van der Waals surface area (Å²) in [5.74, 6) is -0.0631. The summed E-state index contributed by atoms with van der Waals surface area (Å²) in [6.45, 7) is 4.02. The van der Waals surface area contributed by atoms with Crippen LogP contribution in [0.4, 0.5) is 0 Å². The zero-order valence-electron chi connectivity index (χ0n) is 13.9. The normalized spacial score (nSPS) is 10.6. The highest BCUT2D eigenvalue weighted by molar-refractivity contribution is 7.14. The third-order valence-corrected chi connectivity index (χ3v) is 4.80. The number of hydrazine groups is 1. The first-order valence-electron chi connectivity index (χ1n) is 7.55. The zero-order valence-corrected chi connectivity index (χ0v) is 14.7. The Morgan fingerprint density at radius 1 is 1.25 bits per heavy atom. The molecule has 0 aliphatic rings. The second-order valence-corrected chi connectivity index (χ2v) is 6.23. The van der Waals surface area contributed by atoms with Gasteiger partial charge in [-0.05, 0) is 37.1 Å². The van der Waals surface area contributed by atoms with Gasteiger partial charge in [0.05, 0.1) is 12.0 Å². The molecule has 0 aliphatic carbocycles. The summed E-state index contributed by atoms with van der Waals surface area (Å²) in [5, 5.41) is 0. The van der Waals surface area contributed by atoms with Crippen molar-refractivity contribution in [2.75, 3.05) is 7.11 Å². The minimum Gasteiger partial charge on any atom is -0.496 e. The molecule has 2 N–H and O–H groups in total. The van der Waals surface area contributed by atoms with Gasteiger partial charge < -0.3 is 4.74 Å². The van der Waals surface area contributed by atoms with E-state index in [0.29, 0.717) is 10.6 Å². The quantitative estimate of drug-likeness (QED) is 0.647. The molecule has 0 atom stereocenters. The Morgan fingerprint density at radius 2 is 2.00 bits per heavy atom. The number of nitrogens with one attached hydrogen (secondary N) is 2. The van der Waals surface area contributed by atoms with Crippen molar-refractivity contribution in [2.24, 2.45) is 0 Å². The average Bonchev–Trinajstić information content (AvgIpc) is 2.99. The van der Waals surface area contributed by atoms with Crippen molar-refractivity contribution in [2.45, 2.75) is 20.3 Å². The fourth-order valence-corrected chi connectivity index (χ4v) is 3.18. The second-order valence-electron chi connectivity index (χ2n) is 5.09. The lowest BCUT2D eigenvalue weighted by molar-refractivity contribution is -0.117. The first-order chi connectivity index (χ1) is 11.5. The van der Waals surface area contributed by atoms with Gasteiger partial charge in [-0.3, -0.25) is 20.4 Å². The molecule has 0 aliphatic heterocycles. The molecule has 0 fully saturated rings. The van der Waals surface area contributed by atoms with Gasteiger partial charge in [0.1, 0.15) is 5.75 Å². The van der Waals surface area contributed by atoms with E-state index in [9.17, 15) is 9.59 Å². The predicted octanol–water partition coefficient (Wildman–Crippen LogP) is 3.10. The molecule has 0 radical (unpaired) electrons. The van der Waals surface area contributed by atoms with Crippen LogP contribution in [-0.4, -0.2) is 18.9 Å². The van der Waals surface area contributed by atoms with Crippen molar-refractivity contribution in [1.29, 1.82) is 0 Å². The number of amides is 2. The molecule has 2 rings (SSSR count). The highest BCUT2D eigenvalue weighted by Gasteiger charge is 2.11. The molecule has 0 unspecified atom stereocenters. The van der Waals surface area contributed by atoms with Crippen molar-refractivity contribution in [3.05, 3.63) is 57.3 Å². The smallest absolute Gasteiger partial charge is 0.279 e. The summed E-state index contributed by atoms with van der Waals surface area (Å²) < 4.78 is 5.21. The largest absolute Gasteiger partial charge is 0.496 e. The molecular formula is C18H20N2O3S. The molecule has 0 saturated carbocycles. The first-order valence-corrected chi connectivity index (χ1v) is 8.37. The van der Waals surface area contributed by atoms with E-state index in [1.807, 2.05) is 44.2 Å². The topological polar surface area (TPSA) is 67.4 Å². The standard InChI is InChI=1S/C18H20N2O3S/c1-4-15-12(2)11-16(24-15)18(22)20-19-17(21)10-9-13-7-5-6-8-14(13)23-3/h5-11H,4H2,1-3H3,(H,19,21)(H,20,22)/b10-9+. The van der Waals surface area contributed by atoms with Gasteiger partial charge in [-0.2, -0.15) is 0 Å². The van der Waals surface area contributed by atoms with E-state index >= 15 is 0 Å². The average molecular weight is 344 g/mol. The van der Waals surface area contributed by atoms with Crippen LogP contribution in [0.3, 0.4) is 0 Å². The lowest BCUT2D eigenvalue weighted by atomic mass is 10.2. The molecule has 5 nitrogen and oxygen atoms in total. The highest BCUT2D eigenvalue weighted by atomic mass is 32.1. The number of carbonyl (C=O) groups excluding carboxylic acids is 2. The molecule has 126 valence electrons. The van der Waals surface area contributed by atoms with Crippen LogP contribution in [0, 0.1) is 6.92 Å². The summed E-state index contributed by atoms with van der Waals surface area (Å²) in [6.07, 6.45) is 3.86. The van der Waals surface area contributed by atoms with E-state index in [-0.39, 0.29) is 5.91 Å². The molecule has 6 heteroatoms. The van der Waals surface area contributed by atoms with E-state index in [2.05, 4.69) is 10.9 Å². The van der Waals surface area contributed by atoms with Crippen LogP contribution in [0.5, 0.6) is 5.75 Å². The third kappa shape index (κ3) is 4.45. The molecule has 1 aromatic carbocycles. The zero-order chi connectivity index (χ0) is 17.5. The van der Waals surface area contributed by atoms with Crippen LogP contribution in [-0.2, 0) is 11.2 Å². The van der Waals surface area contributed by atoms with Crippen molar-refractivity contribution in [3.8, 4) is 5.75 Å². The maximum Gasteiger partial charge on any atom is 0.279 e. The number of carbonyl (C=O) groups is 2. The summed E-state index contributed by atoms with van der Waals surface area (Å²) in [6, 6.07) is 9.18. The SMILES string of the molecule is CCc1sc(C(=O)NNC(=O)/C=C/c2ccccc2OC)cc1C. The van der Waals surface area contributed by atoms with Gasteiger partial charge in [0.15, 0.2) is 0 Å². The molecule has 1 heterocycles. The number of methoxy groups -OCH3 is 1. The second kappa shape index (κ2) is 8.31. The molecule has 2 aromatic rings. The van der Waals surface area contributed by atoms with Crippen molar-refractivity contribution in [3.63, 3.8) is 0 Å². The third-order valence-electron chi connectivity index (χ3n) is 3.42. The van der Waals surface area contributed by atoms with E-state index < -0.39 is 5.91 Å². The van der Waals surface area contributed by atoms with Gasteiger partial charge in [0.2, 0.25) is 0 Å². The van der Waals surface area contributed by atoms with Gasteiger partial charge in [-0.1, -0.05) is 25.1 Å². The number of hydrogen-bond acceptors (Lipinski definition) is 4. The Kier molecular flexibility index (Phi) is 6.14. The van der Waals surface area contributed by atoms with Crippen LogP contribution in [0.25, 0.3) is 6.08 Å². The molecule has 1 aromatic heterocycles. The molecule has 2 amide bonds. The molecule has 24 heavy (non-hydrogen) atoms. The Labute approximate surface area is 145 Å². The van der Waals surface area contributed by atoms with E-state index in [1.165, 1.54) is 22.3 Å². The minimum absolute atomic E-state index is 0.318. The number of aryl methyl sites for hydroxylation is 2. The fraction of sp³-hybridized carbons (Fsp3) is 0.222. The Hall–Kier alpha value is -2.60. The number of para-hydroxylation sites is 1. The van der Waals surface area contributed by atoms with Gasteiger partial charge >= 0.3 is 0 Å². The van der Waals surface area contributed by atoms with E-state index in [0.717, 1.165) is 17.5 Å². The van der Waals surface area contributed by atoms with E-state index in [4.69, 9.17) is 4.74 Å². The number of ether oxygens (including phenoxy) is 1. The molecular weight excluding hydrogens is 324 g/mol. The Balaban J connectivity index is 1.92. The molecule has 0 bridgehead atoms. The number of benzene rings is 1. The van der Waals surface area contributed by atoms with Crippen molar-refractivity contribution >= 4 is 29.2 Å². The monoisotopic (exact) mass is 344 g/mol. The van der Waals surface area contributed by atoms with Crippen LogP contribution in [0.2, 0.25) is 0 Å². The van der Waals surface area contributed by atoms with Gasteiger partial charge in [0, 0.05) is 16.5 Å². The lowest BCUT2D eigenvalue weighted by Gasteiger charge is -2.05. The van der Waals surface area contributed by atoms with Gasteiger partial charge in [0.25, 0.3) is 11.8 Å². The maximum absolute atomic E-state index is 12.0. The number of hydrogen-bond donors (Lipinski definition) is 2. The lowest BCUT2D eigenvalue weighted by Crippen LogP contribution is -2.40. The number of thiophene rings is 1. The van der Waals surface area contributed by atoms with Crippen LogP contribution in [0.1, 0.15) is 32.6 Å². The Bertz CT molecular complexity index is 765. The van der Waals surface area contributed by atoms with Gasteiger partial charge in [-0.25, -0.2) is 0 Å². The van der Waals surface area contributed by atoms with Gasteiger partial charge in [-0.15, -0.1) is 11.3 Å².